The molecule has 8 heteroatoms. The van der Waals surface area contributed by atoms with E-state index in [1.165, 1.54) is 6.42 Å². The standard InChI is InChI=1S/C19H30N2O5S/c1-20-19(14-10-11-16(24-3)17(12-14)25-4)18(13-26-20)27(22,23)21(2)15-8-6-5-7-9-15/h10-12,15,18-19H,5-9,13H2,1-4H3/t18-,19-/m1/s1. The maximum Gasteiger partial charge on any atom is 0.221 e. The third kappa shape index (κ3) is 3.94. The molecule has 1 heterocycles. The lowest BCUT2D eigenvalue weighted by Gasteiger charge is -2.33. The molecule has 2 aliphatic rings. The highest BCUT2D eigenvalue weighted by Crippen LogP contribution is 2.39. The van der Waals surface area contributed by atoms with Gasteiger partial charge < -0.3 is 9.47 Å². The Morgan fingerprint density at radius 3 is 2.41 bits per heavy atom. The van der Waals surface area contributed by atoms with Crippen LogP contribution in [0, 0.1) is 0 Å². The van der Waals surface area contributed by atoms with E-state index in [9.17, 15) is 8.42 Å². The van der Waals surface area contributed by atoms with Gasteiger partial charge in [-0.2, -0.15) is 5.06 Å². The molecule has 1 aromatic rings. The van der Waals surface area contributed by atoms with E-state index in [0.29, 0.717) is 11.5 Å². The van der Waals surface area contributed by atoms with Gasteiger partial charge in [0, 0.05) is 20.1 Å². The Balaban J connectivity index is 1.90. The minimum Gasteiger partial charge on any atom is -0.493 e. The van der Waals surface area contributed by atoms with Gasteiger partial charge in [-0.3, -0.25) is 4.84 Å². The molecule has 3 rings (SSSR count). The zero-order chi connectivity index (χ0) is 19.6. The lowest BCUT2D eigenvalue weighted by Crippen LogP contribution is -2.45. The number of ether oxygens (including phenoxy) is 2. The molecule has 0 bridgehead atoms. The molecule has 1 aliphatic heterocycles. The van der Waals surface area contributed by atoms with Crippen molar-refractivity contribution in [2.75, 3.05) is 34.9 Å². The average Bonchev–Trinajstić information content (AvgIpc) is 3.09. The topological polar surface area (TPSA) is 68.3 Å². The van der Waals surface area contributed by atoms with Gasteiger partial charge in [0.1, 0.15) is 5.25 Å². The van der Waals surface area contributed by atoms with Crippen LogP contribution in [0.4, 0.5) is 0 Å². The Labute approximate surface area is 162 Å². The number of nitrogens with zero attached hydrogens (tertiary/aromatic N) is 2. The molecule has 2 atom stereocenters. The third-order valence-electron chi connectivity index (χ3n) is 5.81. The molecule has 0 unspecified atom stereocenters. The molecule has 1 saturated heterocycles. The van der Waals surface area contributed by atoms with Gasteiger partial charge in [-0.05, 0) is 30.5 Å². The minimum absolute atomic E-state index is 0.0840. The number of hydrogen-bond acceptors (Lipinski definition) is 6. The van der Waals surface area contributed by atoms with Gasteiger partial charge >= 0.3 is 0 Å². The summed E-state index contributed by atoms with van der Waals surface area (Å²) in [6.45, 7) is 0.148. The number of methoxy groups -OCH3 is 2. The second-order valence-electron chi connectivity index (χ2n) is 7.29. The fourth-order valence-corrected chi connectivity index (χ4v) is 6.11. The van der Waals surface area contributed by atoms with Crippen LogP contribution in [0.2, 0.25) is 0 Å². The van der Waals surface area contributed by atoms with Crippen molar-refractivity contribution in [2.24, 2.45) is 0 Å². The van der Waals surface area contributed by atoms with Crippen molar-refractivity contribution in [1.29, 1.82) is 0 Å². The van der Waals surface area contributed by atoms with Crippen LogP contribution in [0.3, 0.4) is 0 Å². The van der Waals surface area contributed by atoms with Crippen LogP contribution < -0.4 is 9.47 Å². The normalized spacial score (nSPS) is 25.1. The quantitative estimate of drug-likeness (QED) is 0.734. The second-order valence-corrected chi connectivity index (χ2v) is 9.50. The Bertz CT molecular complexity index is 748. The molecule has 2 fully saturated rings. The molecule has 0 aromatic heterocycles. The first-order valence-corrected chi connectivity index (χ1v) is 10.9. The number of benzene rings is 1. The number of hydrogen-bond donors (Lipinski definition) is 0. The van der Waals surface area contributed by atoms with Crippen LogP contribution in [0.1, 0.15) is 43.7 Å². The van der Waals surface area contributed by atoms with E-state index in [0.717, 1.165) is 31.2 Å². The van der Waals surface area contributed by atoms with Gasteiger partial charge in [-0.1, -0.05) is 25.3 Å². The molecular formula is C19H30N2O5S. The van der Waals surface area contributed by atoms with Gasteiger partial charge in [0.25, 0.3) is 0 Å². The highest BCUT2D eigenvalue weighted by molar-refractivity contribution is 7.89. The van der Waals surface area contributed by atoms with E-state index in [1.807, 2.05) is 12.1 Å². The van der Waals surface area contributed by atoms with E-state index < -0.39 is 21.3 Å². The van der Waals surface area contributed by atoms with Gasteiger partial charge in [0.15, 0.2) is 11.5 Å². The number of sulfonamides is 1. The molecule has 7 nitrogen and oxygen atoms in total. The predicted octanol–water partition coefficient (Wildman–Crippen LogP) is 2.58. The van der Waals surface area contributed by atoms with Gasteiger partial charge in [-0.25, -0.2) is 12.7 Å². The summed E-state index contributed by atoms with van der Waals surface area (Å²) >= 11 is 0. The van der Waals surface area contributed by atoms with Crippen molar-refractivity contribution in [3.8, 4) is 11.5 Å². The molecular weight excluding hydrogens is 368 g/mol. The molecule has 0 radical (unpaired) electrons. The van der Waals surface area contributed by atoms with Crippen molar-refractivity contribution in [3.05, 3.63) is 23.8 Å². The summed E-state index contributed by atoms with van der Waals surface area (Å²) in [5, 5.41) is 0.977. The van der Waals surface area contributed by atoms with Gasteiger partial charge in [-0.15, -0.1) is 0 Å². The molecule has 152 valence electrons. The lowest BCUT2D eigenvalue weighted by atomic mass is 9.96. The SMILES string of the molecule is COc1ccc([C@@H]2[C@H](S(=O)(=O)N(C)C3CCCCC3)CON2C)cc1OC. The summed E-state index contributed by atoms with van der Waals surface area (Å²) in [5.41, 5.74) is 0.832. The zero-order valence-electron chi connectivity index (χ0n) is 16.6. The van der Waals surface area contributed by atoms with Crippen LogP contribution in [0.5, 0.6) is 11.5 Å². The Morgan fingerprint density at radius 2 is 1.78 bits per heavy atom. The monoisotopic (exact) mass is 398 g/mol. The van der Waals surface area contributed by atoms with E-state index in [2.05, 4.69) is 0 Å². The van der Waals surface area contributed by atoms with Crippen LogP contribution in [-0.4, -0.2) is 64.0 Å². The molecule has 0 N–H and O–H groups in total. The van der Waals surface area contributed by atoms with Crippen LogP contribution in [-0.2, 0) is 14.9 Å². The maximum atomic E-state index is 13.4. The van der Waals surface area contributed by atoms with Crippen LogP contribution in [0.15, 0.2) is 18.2 Å². The van der Waals surface area contributed by atoms with E-state index in [4.69, 9.17) is 14.3 Å². The summed E-state index contributed by atoms with van der Waals surface area (Å²) in [6.07, 6.45) is 5.23. The predicted molar refractivity (Wildman–Crippen MR) is 103 cm³/mol. The minimum atomic E-state index is -3.51. The smallest absolute Gasteiger partial charge is 0.221 e. The first kappa shape index (κ1) is 20.4. The van der Waals surface area contributed by atoms with Crippen molar-refractivity contribution < 1.29 is 22.7 Å². The fraction of sp³-hybridized carbons (Fsp3) is 0.684. The summed E-state index contributed by atoms with van der Waals surface area (Å²) in [7, 11) is 3.13. The first-order valence-electron chi connectivity index (χ1n) is 9.44. The first-order chi connectivity index (χ1) is 12.9. The maximum absolute atomic E-state index is 13.4. The Kier molecular flexibility index (Phi) is 6.30. The zero-order valence-corrected chi connectivity index (χ0v) is 17.4. The van der Waals surface area contributed by atoms with Gasteiger partial charge in [0.2, 0.25) is 10.0 Å². The number of rotatable bonds is 6. The Hall–Kier alpha value is -1.35. The van der Waals surface area contributed by atoms with E-state index in [-0.39, 0.29) is 12.6 Å². The molecule has 1 aromatic carbocycles. The van der Waals surface area contributed by atoms with Crippen LogP contribution in [0.25, 0.3) is 0 Å². The molecule has 27 heavy (non-hydrogen) atoms. The summed E-state index contributed by atoms with van der Waals surface area (Å²) in [5.74, 6) is 1.19. The molecule has 1 aliphatic carbocycles. The third-order valence-corrected chi connectivity index (χ3v) is 8.07. The van der Waals surface area contributed by atoms with Gasteiger partial charge in [0.05, 0.1) is 26.9 Å². The largest absolute Gasteiger partial charge is 0.493 e. The highest BCUT2D eigenvalue weighted by Gasteiger charge is 2.46. The van der Waals surface area contributed by atoms with E-state index >= 15 is 0 Å². The molecule has 0 amide bonds. The summed E-state index contributed by atoms with van der Waals surface area (Å²) < 4.78 is 39.1. The van der Waals surface area contributed by atoms with Crippen molar-refractivity contribution >= 4 is 10.0 Å². The number of hydroxylamine groups is 2. The van der Waals surface area contributed by atoms with Crippen LogP contribution >= 0.6 is 0 Å². The molecule has 1 saturated carbocycles. The fourth-order valence-electron chi connectivity index (χ4n) is 4.17. The highest BCUT2D eigenvalue weighted by atomic mass is 32.2. The summed E-state index contributed by atoms with van der Waals surface area (Å²) in [4.78, 5) is 5.64. The van der Waals surface area contributed by atoms with Crippen molar-refractivity contribution in [2.45, 2.75) is 49.4 Å². The Morgan fingerprint density at radius 1 is 1.11 bits per heavy atom. The van der Waals surface area contributed by atoms with Crippen molar-refractivity contribution in [3.63, 3.8) is 0 Å². The average molecular weight is 399 g/mol. The molecule has 0 spiro atoms. The lowest BCUT2D eigenvalue weighted by molar-refractivity contribution is -0.110. The van der Waals surface area contributed by atoms with Crippen molar-refractivity contribution in [1.82, 2.24) is 9.37 Å². The summed E-state index contributed by atoms with van der Waals surface area (Å²) in [6, 6.07) is 5.19. The second kappa shape index (κ2) is 8.34. The van der Waals surface area contributed by atoms with E-state index in [1.54, 1.807) is 43.7 Å².